The van der Waals surface area contributed by atoms with Gasteiger partial charge in [-0.2, -0.15) is 0 Å². The van der Waals surface area contributed by atoms with Gasteiger partial charge in [-0.05, 0) is 23.1 Å². The van der Waals surface area contributed by atoms with Crippen LogP contribution >= 0.6 is 12.4 Å². The minimum absolute atomic E-state index is 0. The van der Waals surface area contributed by atoms with Gasteiger partial charge >= 0.3 is 0 Å². The van der Waals surface area contributed by atoms with E-state index in [1.165, 1.54) is 16.7 Å². The van der Waals surface area contributed by atoms with E-state index < -0.39 is 0 Å². The van der Waals surface area contributed by atoms with Gasteiger partial charge in [-0.15, -0.1) is 12.4 Å². The fourth-order valence-electron chi connectivity index (χ4n) is 3.24. The monoisotopic (exact) mass is 359 g/mol. The second-order valence-corrected chi connectivity index (χ2v) is 6.32. The quantitative estimate of drug-likeness (QED) is 0.861. The first-order valence-corrected chi connectivity index (χ1v) is 8.57. The molecule has 2 N–H and O–H groups in total. The first kappa shape index (κ1) is 19.4. The summed E-state index contributed by atoms with van der Waals surface area (Å²) < 4.78 is 0. The summed E-state index contributed by atoms with van der Waals surface area (Å²) in [6.45, 7) is 3.99. The van der Waals surface area contributed by atoms with Gasteiger partial charge in [0.2, 0.25) is 5.91 Å². The number of nitrogens with zero attached hydrogens (tertiary/aromatic N) is 2. The highest BCUT2D eigenvalue weighted by Crippen LogP contribution is 2.18. The van der Waals surface area contributed by atoms with Crippen molar-refractivity contribution < 1.29 is 4.79 Å². The highest BCUT2D eigenvalue weighted by atomic mass is 35.5. The van der Waals surface area contributed by atoms with E-state index in [9.17, 15) is 4.79 Å². The number of fused-ring (bicyclic) bond motifs is 1. The molecule has 0 spiro atoms. The number of hydrogen-bond acceptors (Lipinski definition) is 3. The molecule has 1 aliphatic rings. The largest absolute Gasteiger partial charge is 0.337 e. The van der Waals surface area contributed by atoms with Crippen molar-refractivity contribution in [2.75, 3.05) is 26.2 Å². The summed E-state index contributed by atoms with van der Waals surface area (Å²) in [5, 5.41) is 0. The fraction of sp³-hybridized carbons (Fsp3) is 0.350. The zero-order chi connectivity index (χ0) is 16.8. The van der Waals surface area contributed by atoms with Gasteiger partial charge in [0.1, 0.15) is 0 Å². The summed E-state index contributed by atoms with van der Waals surface area (Å²) in [6, 6.07) is 18.6. The predicted octanol–water partition coefficient (Wildman–Crippen LogP) is 2.45. The average molecular weight is 360 g/mol. The lowest BCUT2D eigenvalue weighted by atomic mass is 10.00. The normalized spacial score (nSPS) is 13.3. The Morgan fingerprint density at radius 1 is 1.04 bits per heavy atom. The van der Waals surface area contributed by atoms with Crippen molar-refractivity contribution in [2.45, 2.75) is 19.5 Å². The molecular weight excluding hydrogens is 334 g/mol. The maximum Gasteiger partial charge on any atom is 0.237 e. The Balaban J connectivity index is 0.00000225. The van der Waals surface area contributed by atoms with Crippen molar-refractivity contribution in [1.82, 2.24) is 9.80 Å². The maximum absolute atomic E-state index is 12.7. The third-order valence-corrected chi connectivity index (χ3v) is 4.54. The molecule has 0 radical (unpaired) electrons. The van der Waals surface area contributed by atoms with Gasteiger partial charge in [-0.1, -0.05) is 54.6 Å². The molecular formula is C20H26ClN3O. The van der Waals surface area contributed by atoms with Crippen LogP contribution in [0.15, 0.2) is 54.6 Å². The summed E-state index contributed by atoms with van der Waals surface area (Å²) in [7, 11) is 0. The van der Waals surface area contributed by atoms with Crippen LogP contribution in [0.25, 0.3) is 0 Å². The van der Waals surface area contributed by atoms with Gasteiger partial charge < -0.3 is 10.6 Å². The minimum Gasteiger partial charge on any atom is -0.337 e. The molecule has 0 bridgehead atoms. The molecule has 2 aromatic rings. The summed E-state index contributed by atoms with van der Waals surface area (Å²) >= 11 is 0. The Hall–Kier alpha value is -1.88. The van der Waals surface area contributed by atoms with Crippen molar-refractivity contribution in [3.8, 4) is 0 Å². The number of carbonyl (C=O) groups excluding carboxylic acids is 1. The molecule has 0 aliphatic carbocycles. The maximum atomic E-state index is 12.7. The molecule has 0 fully saturated rings. The van der Waals surface area contributed by atoms with Crippen LogP contribution in [0.3, 0.4) is 0 Å². The molecule has 0 aromatic heterocycles. The Bertz CT molecular complexity index is 678. The van der Waals surface area contributed by atoms with Gasteiger partial charge in [-0.3, -0.25) is 9.69 Å². The number of halogens is 1. The first-order valence-electron chi connectivity index (χ1n) is 8.57. The lowest BCUT2D eigenvalue weighted by Crippen LogP contribution is -2.43. The van der Waals surface area contributed by atoms with Crippen LogP contribution in [0, 0.1) is 0 Å². The minimum atomic E-state index is 0. The molecule has 1 aliphatic heterocycles. The number of nitrogens with two attached hydrogens (primary N) is 1. The fourth-order valence-corrected chi connectivity index (χ4v) is 3.24. The van der Waals surface area contributed by atoms with Crippen molar-refractivity contribution >= 4 is 18.3 Å². The molecule has 0 saturated carbocycles. The summed E-state index contributed by atoms with van der Waals surface area (Å²) in [6.07, 6.45) is 0.942. The van der Waals surface area contributed by atoms with Crippen LogP contribution in [-0.2, 0) is 24.3 Å². The molecule has 0 saturated heterocycles. The number of rotatable bonds is 6. The molecule has 25 heavy (non-hydrogen) atoms. The zero-order valence-corrected chi connectivity index (χ0v) is 15.3. The highest BCUT2D eigenvalue weighted by molar-refractivity contribution is 5.85. The molecule has 3 rings (SSSR count). The Labute approximate surface area is 156 Å². The number of hydrogen-bond donors (Lipinski definition) is 1. The highest BCUT2D eigenvalue weighted by Gasteiger charge is 2.22. The summed E-state index contributed by atoms with van der Waals surface area (Å²) in [5.41, 5.74) is 9.58. The molecule has 1 amide bonds. The van der Waals surface area contributed by atoms with Crippen molar-refractivity contribution in [3.05, 3.63) is 71.3 Å². The Morgan fingerprint density at radius 2 is 1.72 bits per heavy atom. The van der Waals surface area contributed by atoms with Crippen molar-refractivity contribution in [2.24, 2.45) is 5.73 Å². The van der Waals surface area contributed by atoms with E-state index in [0.717, 1.165) is 32.6 Å². The molecule has 4 nitrogen and oxygen atoms in total. The van der Waals surface area contributed by atoms with E-state index >= 15 is 0 Å². The van der Waals surface area contributed by atoms with Crippen LogP contribution < -0.4 is 5.73 Å². The molecule has 5 heteroatoms. The van der Waals surface area contributed by atoms with Crippen LogP contribution in [0.4, 0.5) is 0 Å². The predicted molar refractivity (Wildman–Crippen MR) is 104 cm³/mol. The molecule has 2 aromatic carbocycles. The summed E-state index contributed by atoms with van der Waals surface area (Å²) in [4.78, 5) is 16.8. The number of carbonyl (C=O) groups is 1. The average Bonchev–Trinajstić information content (AvgIpc) is 2.62. The van der Waals surface area contributed by atoms with Crippen LogP contribution in [0.2, 0.25) is 0 Å². The molecule has 1 heterocycles. The van der Waals surface area contributed by atoms with E-state index in [2.05, 4.69) is 35.2 Å². The number of amides is 1. The van der Waals surface area contributed by atoms with E-state index in [-0.39, 0.29) is 18.3 Å². The third kappa shape index (κ3) is 5.30. The van der Waals surface area contributed by atoms with E-state index in [1.54, 1.807) is 0 Å². The van der Waals surface area contributed by atoms with Crippen molar-refractivity contribution in [1.29, 1.82) is 0 Å². The zero-order valence-electron chi connectivity index (χ0n) is 14.4. The van der Waals surface area contributed by atoms with E-state index in [0.29, 0.717) is 13.1 Å². The molecule has 0 unspecified atom stereocenters. The van der Waals surface area contributed by atoms with Crippen LogP contribution in [0.5, 0.6) is 0 Å². The van der Waals surface area contributed by atoms with E-state index in [1.807, 2.05) is 29.2 Å². The molecule has 0 atom stereocenters. The van der Waals surface area contributed by atoms with Gasteiger partial charge in [0.15, 0.2) is 0 Å². The van der Waals surface area contributed by atoms with Gasteiger partial charge in [0, 0.05) is 32.7 Å². The number of benzene rings is 2. The Morgan fingerprint density at radius 3 is 2.44 bits per heavy atom. The van der Waals surface area contributed by atoms with E-state index in [4.69, 9.17) is 5.73 Å². The van der Waals surface area contributed by atoms with Gasteiger partial charge in [0.25, 0.3) is 0 Å². The standard InChI is InChI=1S/C20H25N3O.ClH/c21-11-13-22(14-17-6-2-1-3-7-17)16-20(24)23-12-10-18-8-4-5-9-19(18)15-23;/h1-9H,10-16,21H2;1H. The lowest BCUT2D eigenvalue weighted by Gasteiger charge is -2.31. The smallest absolute Gasteiger partial charge is 0.237 e. The first-order chi connectivity index (χ1) is 11.8. The topological polar surface area (TPSA) is 49.6 Å². The van der Waals surface area contributed by atoms with Gasteiger partial charge in [0.05, 0.1) is 6.54 Å². The van der Waals surface area contributed by atoms with Crippen LogP contribution in [0.1, 0.15) is 16.7 Å². The Kier molecular flexibility index (Phi) is 7.44. The lowest BCUT2D eigenvalue weighted by molar-refractivity contribution is -0.133. The summed E-state index contributed by atoms with van der Waals surface area (Å²) in [5.74, 6) is 0.189. The second-order valence-electron chi connectivity index (χ2n) is 6.32. The van der Waals surface area contributed by atoms with Gasteiger partial charge in [-0.25, -0.2) is 0 Å². The third-order valence-electron chi connectivity index (χ3n) is 4.54. The van der Waals surface area contributed by atoms with Crippen molar-refractivity contribution in [3.63, 3.8) is 0 Å². The second kappa shape index (κ2) is 9.56. The molecule has 134 valence electrons. The van der Waals surface area contributed by atoms with Crippen LogP contribution in [-0.4, -0.2) is 41.9 Å². The SMILES string of the molecule is Cl.NCCN(CC(=O)N1CCc2ccccc2C1)Cc1ccccc1.